The van der Waals surface area contributed by atoms with Gasteiger partial charge in [-0.2, -0.15) is 5.10 Å². The van der Waals surface area contributed by atoms with Crippen LogP contribution < -0.4 is 10.9 Å². The van der Waals surface area contributed by atoms with Crippen LogP contribution in [-0.2, 0) is 7.05 Å². The molecular formula is C26H21Cl2N5O. The van der Waals surface area contributed by atoms with Crippen LogP contribution in [0.1, 0.15) is 11.3 Å². The molecule has 3 aromatic heterocycles. The minimum Gasteiger partial charge on any atom is -0.339 e. The van der Waals surface area contributed by atoms with Gasteiger partial charge in [0.05, 0.1) is 16.2 Å². The zero-order chi connectivity index (χ0) is 24.0. The molecule has 0 saturated carbocycles. The fourth-order valence-electron chi connectivity index (χ4n) is 4.03. The minimum absolute atomic E-state index is 0.0576. The molecule has 0 fully saturated rings. The Bertz CT molecular complexity index is 1620. The molecule has 3 heterocycles. The average Bonchev–Trinajstić information content (AvgIpc) is 3.26. The standard InChI is InChI=1S/C26H21Cl2N5O/c1-14-4-6-18(30-25-12-23(31-32-25)19-7-5-17(27)10-22(19)28)11-20(14)21-9-16-13-29-15(2)8-24(16)33(3)26(21)34/h4-13H,1-3H3,(H2,30,31,32). The maximum atomic E-state index is 13.2. The zero-order valence-corrected chi connectivity index (χ0v) is 20.3. The quantitative estimate of drug-likeness (QED) is 0.296. The minimum atomic E-state index is -0.0576. The van der Waals surface area contributed by atoms with Crippen LogP contribution in [0.5, 0.6) is 0 Å². The van der Waals surface area contributed by atoms with E-state index >= 15 is 0 Å². The molecule has 0 unspecified atom stereocenters. The molecule has 0 aliphatic heterocycles. The fraction of sp³-hybridized carbons (Fsp3) is 0.115. The fourth-order valence-corrected chi connectivity index (χ4v) is 4.54. The number of anilines is 2. The highest BCUT2D eigenvalue weighted by molar-refractivity contribution is 6.36. The number of pyridine rings is 2. The number of aryl methyl sites for hydroxylation is 3. The number of aromatic nitrogens is 4. The molecule has 170 valence electrons. The van der Waals surface area contributed by atoms with E-state index in [0.717, 1.165) is 44.7 Å². The summed E-state index contributed by atoms with van der Waals surface area (Å²) in [5.41, 5.74) is 6.53. The summed E-state index contributed by atoms with van der Waals surface area (Å²) in [7, 11) is 1.79. The predicted molar refractivity (Wildman–Crippen MR) is 139 cm³/mol. The SMILES string of the molecule is Cc1cc2c(cn1)cc(-c1cc(Nc3cc(-c4ccc(Cl)cc4Cl)[nH]n3)ccc1C)c(=O)n2C. The van der Waals surface area contributed by atoms with Gasteiger partial charge in [0.2, 0.25) is 0 Å². The summed E-state index contributed by atoms with van der Waals surface area (Å²) in [6.07, 6.45) is 1.80. The zero-order valence-electron chi connectivity index (χ0n) is 18.8. The van der Waals surface area contributed by atoms with Gasteiger partial charge in [-0.3, -0.25) is 14.9 Å². The van der Waals surface area contributed by atoms with Gasteiger partial charge in [0.1, 0.15) is 0 Å². The summed E-state index contributed by atoms with van der Waals surface area (Å²) in [6.45, 7) is 3.91. The van der Waals surface area contributed by atoms with Crippen molar-refractivity contribution < 1.29 is 0 Å². The first-order valence-electron chi connectivity index (χ1n) is 10.7. The molecule has 5 aromatic rings. The van der Waals surface area contributed by atoms with Crippen LogP contribution in [-0.4, -0.2) is 19.7 Å². The summed E-state index contributed by atoms with van der Waals surface area (Å²) in [4.78, 5) is 17.6. The summed E-state index contributed by atoms with van der Waals surface area (Å²) < 4.78 is 1.68. The van der Waals surface area contributed by atoms with Crippen molar-refractivity contribution in [2.45, 2.75) is 13.8 Å². The lowest BCUT2D eigenvalue weighted by Gasteiger charge is -2.13. The molecule has 0 aliphatic rings. The molecule has 0 radical (unpaired) electrons. The topological polar surface area (TPSA) is 75.6 Å². The monoisotopic (exact) mass is 489 g/mol. The normalized spacial score (nSPS) is 11.2. The Labute approximate surface area is 206 Å². The van der Waals surface area contributed by atoms with E-state index in [-0.39, 0.29) is 5.56 Å². The molecule has 0 aliphatic carbocycles. The molecule has 0 saturated heterocycles. The summed E-state index contributed by atoms with van der Waals surface area (Å²) in [5, 5.41) is 12.7. The van der Waals surface area contributed by atoms with Crippen LogP contribution >= 0.6 is 23.2 Å². The summed E-state index contributed by atoms with van der Waals surface area (Å²) in [6, 6.07) is 16.9. The Balaban J connectivity index is 1.51. The third-order valence-electron chi connectivity index (χ3n) is 5.84. The van der Waals surface area contributed by atoms with Gasteiger partial charge in [-0.25, -0.2) is 0 Å². The first-order chi connectivity index (χ1) is 16.3. The Morgan fingerprint density at radius 3 is 2.56 bits per heavy atom. The molecule has 2 aromatic carbocycles. The molecular weight excluding hydrogens is 469 g/mol. The largest absolute Gasteiger partial charge is 0.339 e. The van der Waals surface area contributed by atoms with Gasteiger partial charge in [0.25, 0.3) is 5.56 Å². The van der Waals surface area contributed by atoms with E-state index in [1.807, 2.05) is 56.3 Å². The molecule has 0 bridgehead atoms. The van der Waals surface area contributed by atoms with Gasteiger partial charge in [0.15, 0.2) is 5.82 Å². The number of halogens is 2. The van der Waals surface area contributed by atoms with Crippen LogP contribution in [0.15, 0.2) is 65.6 Å². The van der Waals surface area contributed by atoms with Crippen molar-refractivity contribution in [1.82, 2.24) is 19.7 Å². The van der Waals surface area contributed by atoms with Gasteiger partial charge < -0.3 is 9.88 Å². The number of rotatable bonds is 4. The Morgan fingerprint density at radius 2 is 1.76 bits per heavy atom. The molecule has 0 atom stereocenters. The second-order valence-electron chi connectivity index (χ2n) is 8.25. The molecule has 0 amide bonds. The number of benzene rings is 2. The molecule has 34 heavy (non-hydrogen) atoms. The van der Waals surface area contributed by atoms with Crippen molar-refractivity contribution in [3.8, 4) is 22.4 Å². The van der Waals surface area contributed by atoms with Gasteiger partial charge in [-0.1, -0.05) is 29.3 Å². The smallest absolute Gasteiger partial charge is 0.258 e. The van der Waals surface area contributed by atoms with Gasteiger partial charge in [-0.05, 0) is 67.4 Å². The highest BCUT2D eigenvalue weighted by Crippen LogP contribution is 2.32. The molecule has 2 N–H and O–H groups in total. The lowest BCUT2D eigenvalue weighted by Crippen LogP contribution is -2.19. The average molecular weight is 490 g/mol. The van der Waals surface area contributed by atoms with Gasteiger partial charge >= 0.3 is 0 Å². The Kier molecular flexibility index (Phi) is 5.63. The van der Waals surface area contributed by atoms with E-state index in [0.29, 0.717) is 21.4 Å². The van der Waals surface area contributed by atoms with Crippen LogP contribution in [0.4, 0.5) is 11.5 Å². The maximum absolute atomic E-state index is 13.2. The van der Waals surface area contributed by atoms with E-state index in [1.165, 1.54) is 0 Å². The molecule has 6 nitrogen and oxygen atoms in total. The Hall–Kier alpha value is -3.61. The third kappa shape index (κ3) is 4.06. The second-order valence-corrected chi connectivity index (χ2v) is 9.10. The van der Waals surface area contributed by atoms with E-state index in [4.69, 9.17) is 23.2 Å². The number of H-pyrrole nitrogens is 1. The van der Waals surface area contributed by atoms with Crippen LogP contribution in [0, 0.1) is 13.8 Å². The van der Waals surface area contributed by atoms with E-state index in [1.54, 1.807) is 29.9 Å². The lowest BCUT2D eigenvalue weighted by atomic mass is 9.99. The van der Waals surface area contributed by atoms with Crippen LogP contribution in [0.25, 0.3) is 33.3 Å². The van der Waals surface area contributed by atoms with Crippen LogP contribution in [0.2, 0.25) is 10.0 Å². The number of nitrogens with one attached hydrogen (secondary N) is 2. The molecule has 5 rings (SSSR count). The van der Waals surface area contributed by atoms with Crippen molar-refractivity contribution in [2.75, 3.05) is 5.32 Å². The Morgan fingerprint density at radius 1 is 0.941 bits per heavy atom. The van der Waals surface area contributed by atoms with Crippen molar-refractivity contribution in [1.29, 1.82) is 0 Å². The number of fused-ring (bicyclic) bond motifs is 1. The number of nitrogens with zero attached hydrogens (tertiary/aromatic N) is 3. The first-order valence-corrected chi connectivity index (χ1v) is 11.4. The van der Waals surface area contributed by atoms with Gasteiger partial charge in [-0.15, -0.1) is 0 Å². The summed E-state index contributed by atoms with van der Waals surface area (Å²) >= 11 is 12.3. The maximum Gasteiger partial charge on any atom is 0.258 e. The number of aromatic amines is 1. The third-order valence-corrected chi connectivity index (χ3v) is 6.39. The van der Waals surface area contributed by atoms with Crippen molar-refractivity contribution >= 4 is 45.6 Å². The highest BCUT2D eigenvalue weighted by Gasteiger charge is 2.14. The predicted octanol–water partition coefficient (Wildman–Crippen LogP) is 6.66. The lowest BCUT2D eigenvalue weighted by molar-refractivity contribution is 0.905. The van der Waals surface area contributed by atoms with Crippen LogP contribution in [0.3, 0.4) is 0 Å². The number of hydrogen-bond donors (Lipinski definition) is 2. The summed E-state index contributed by atoms with van der Waals surface area (Å²) in [5.74, 6) is 0.627. The van der Waals surface area contributed by atoms with E-state index < -0.39 is 0 Å². The molecule has 0 spiro atoms. The first kappa shape index (κ1) is 22.2. The van der Waals surface area contributed by atoms with Crippen molar-refractivity contribution in [3.05, 3.63) is 92.5 Å². The van der Waals surface area contributed by atoms with E-state index in [9.17, 15) is 4.79 Å². The number of hydrogen-bond acceptors (Lipinski definition) is 4. The second kappa shape index (κ2) is 8.63. The van der Waals surface area contributed by atoms with Crippen molar-refractivity contribution in [2.24, 2.45) is 7.05 Å². The van der Waals surface area contributed by atoms with Crippen molar-refractivity contribution in [3.63, 3.8) is 0 Å². The van der Waals surface area contributed by atoms with Gasteiger partial charge in [0, 0.05) is 52.2 Å². The van der Waals surface area contributed by atoms with E-state index in [2.05, 4.69) is 20.5 Å². The highest BCUT2D eigenvalue weighted by atomic mass is 35.5. The molecule has 8 heteroatoms.